The van der Waals surface area contributed by atoms with Crippen molar-refractivity contribution in [2.45, 2.75) is 85.0 Å². The zero-order valence-corrected chi connectivity index (χ0v) is 16.1. The molecule has 0 bridgehead atoms. The Morgan fingerprint density at radius 2 is 1.71 bits per heavy atom. The van der Waals surface area contributed by atoms with Crippen molar-refractivity contribution in [2.75, 3.05) is 0 Å². The highest BCUT2D eigenvalue weighted by atomic mass is 14.6. The van der Waals surface area contributed by atoms with Crippen LogP contribution in [-0.4, -0.2) is 0 Å². The number of allylic oxidation sites excluding steroid dienone is 2. The minimum atomic E-state index is 0.524. The van der Waals surface area contributed by atoms with Crippen molar-refractivity contribution in [3.63, 3.8) is 0 Å². The lowest BCUT2D eigenvalue weighted by atomic mass is 9.44. The predicted molar refractivity (Wildman–Crippen MR) is 102 cm³/mol. The highest BCUT2D eigenvalue weighted by Gasteiger charge is 2.59. The first kappa shape index (κ1) is 16.8. The van der Waals surface area contributed by atoms with Gasteiger partial charge in [-0.25, -0.2) is 0 Å². The molecule has 4 saturated carbocycles. The standard InChI is InChI=1S/C24H36/c1-5-8-17(2)20-12-13-21-19-11-10-18-9-6-7-15-23(18,3)22(19)14-16-24(20,21)4/h1,8,18-22H,6-7,9-16H2,2-4H3/t18?,19-,20+,21-,22-,23-,24+/m0/s1. The van der Waals surface area contributed by atoms with Gasteiger partial charge in [-0.15, -0.1) is 6.42 Å². The van der Waals surface area contributed by atoms with Gasteiger partial charge in [-0.3, -0.25) is 0 Å². The molecule has 24 heavy (non-hydrogen) atoms. The summed E-state index contributed by atoms with van der Waals surface area (Å²) in [5.74, 6) is 7.57. The van der Waals surface area contributed by atoms with Crippen LogP contribution in [0, 0.1) is 52.8 Å². The molecule has 4 fully saturated rings. The molecule has 0 saturated heterocycles. The Hall–Kier alpha value is -0.700. The van der Waals surface area contributed by atoms with Gasteiger partial charge in [0.2, 0.25) is 0 Å². The maximum absolute atomic E-state index is 5.58. The van der Waals surface area contributed by atoms with Gasteiger partial charge in [-0.2, -0.15) is 0 Å². The molecule has 4 rings (SSSR count). The second kappa shape index (κ2) is 5.93. The van der Waals surface area contributed by atoms with E-state index in [9.17, 15) is 0 Å². The molecule has 0 N–H and O–H groups in total. The molecule has 4 aliphatic rings. The molecule has 0 aliphatic heterocycles. The lowest BCUT2D eigenvalue weighted by Gasteiger charge is -2.60. The van der Waals surface area contributed by atoms with Crippen molar-refractivity contribution < 1.29 is 0 Å². The summed E-state index contributed by atoms with van der Waals surface area (Å²) in [6, 6.07) is 0. The van der Waals surface area contributed by atoms with Gasteiger partial charge in [0.1, 0.15) is 0 Å². The SMILES string of the molecule is C#CC=C(C)[C@H]1CC[C@H]2[C@@H]3CCC4CCCC[C@]4(C)[C@H]3CC[C@]12C. The minimum Gasteiger partial charge on any atom is -0.115 e. The molecule has 4 aliphatic carbocycles. The van der Waals surface area contributed by atoms with Crippen molar-refractivity contribution in [3.05, 3.63) is 11.6 Å². The number of rotatable bonds is 1. The fourth-order valence-corrected chi connectivity index (χ4v) is 8.28. The van der Waals surface area contributed by atoms with E-state index in [0.717, 1.165) is 29.6 Å². The van der Waals surface area contributed by atoms with Gasteiger partial charge in [-0.1, -0.05) is 38.2 Å². The third-order valence-electron chi connectivity index (χ3n) is 9.44. The topological polar surface area (TPSA) is 0 Å². The van der Waals surface area contributed by atoms with Gasteiger partial charge in [0.15, 0.2) is 0 Å². The Kier molecular flexibility index (Phi) is 4.14. The fourth-order valence-electron chi connectivity index (χ4n) is 8.28. The summed E-state index contributed by atoms with van der Waals surface area (Å²) in [4.78, 5) is 0. The van der Waals surface area contributed by atoms with Crippen molar-refractivity contribution in [3.8, 4) is 12.3 Å². The van der Waals surface area contributed by atoms with Crippen molar-refractivity contribution >= 4 is 0 Å². The molecule has 0 aromatic rings. The molecule has 0 radical (unpaired) electrons. The van der Waals surface area contributed by atoms with Crippen LogP contribution in [0.4, 0.5) is 0 Å². The van der Waals surface area contributed by atoms with Crippen molar-refractivity contribution in [1.82, 2.24) is 0 Å². The summed E-state index contributed by atoms with van der Waals surface area (Å²) in [5, 5.41) is 0. The quantitative estimate of drug-likeness (QED) is 0.476. The number of terminal acetylenes is 1. The van der Waals surface area contributed by atoms with E-state index in [-0.39, 0.29) is 0 Å². The molecule has 0 amide bonds. The first-order valence-corrected chi connectivity index (χ1v) is 10.6. The monoisotopic (exact) mass is 324 g/mol. The van der Waals surface area contributed by atoms with Crippen LogP contribution in [0.25, 0.3) is 0 Å². The highest BCUT2D eigenvalue weighted by Crippen LogP contribution is 2.68. The van der Waals surface area contributed by atoms with E-state index in [0.29, 0.717) is 10.8 Å². The van der Waals surface area contributed by atoms with Crippen LogP contribution < -0.4 is 0 Å². The first-order valence-electron chi connectivity index (χ1n) is 10.6. The van der Waals surface area contributed by atoms with Gasteiger partial charge in [0.25, 0.3) is 0 Å². The van der Waals surface area contributed by atoms with Gasteiger partial charge in [0, 0.05) is 0 Å². The van der Waals surface area contributed by atoms with Crippen molar-refractivity contribution in [2.24, 2.45) is 40.4 Å². The van der Waals surface area contributed by atoms with Crippen LogP contribution in [0.15, 0.2) is 11.6 Å². The Bertz CT molecular complexity index is 563. The molecule has 1 unspecified atom stereocenters. The normalized spacial score (nSPS) is 51.2. The molecule has 0 aromatic carbocycles. The van der Waals surface area contributed by atoms with Gasteiger partial charge < -0.3 is 0 Å². The number of hydrogen-bond acceptors (Lipinski definition) is 0. The average Bonchev–Trinajstić information content (AvgIpc) is 2.92. The van der Waals surface area contributed by atoms with Crippen molar-refractivity contribution in [1.29, 1.82) is 0 Å². The summed E-state index contributed by atoms with van der Waals surface area (Å²) >= 11 is 0. The van der Waals surface area contributed by atoms with E-state index in [1.165, 1.54) is 69.8 Å². The first-order chi connectivity index (χ1) is 11.5. The Morgan fingerprint density at radius 1 is 0.917 bits per heavy atom. The molecule has 0 aromatic heterocycles. The maximum Gasteiger partial charge on any atom is -0.0129 e. The van der Waals surface area contributed by atoms with E-state index in [1.807, 2.05) is 0 Å². The summed E-state index contributed by atoms with van der Waals surface area (Å²) in [6.45, 7) is 7.60. The minimum absolute atomic E-state index is 0.524. The molecule has 0 heterocycles. The Morgan fingerprint density at radius 3 is 2.50 bits per heavy atom. The largest absolute Gasteiger partial charge is 0.115 e. The Balaban J connectivity index is 1.62. The predicted octanol–water partition coefficient (Wildman–Crippen LogP) is 6.61. The third kappa shape index (κ3) is 2.26. The van der Waals surface area contributed by atoms with Gasteiger partial charge >= 0.3 is 0 Å². The zero-order chi connectivity index (χ0) is 16.9. The van der Waals surface area contributed by atoms with E-state index >= 15 is 0 Å². The smallest absolute Gasteiger partial charge is 0.0129 e. The molecule has 0 spiro atoms. The van der Waals surface area contributed by atoms with E-state index < -0.39 is 0 Å². The zero-order valence-electron chi connectivity index (χ0n) is 16.1. The lowest BCUT2D eigenvalue weighted by molar-refractivity contribution is -0.108. The number of hydrogen-bond donors (Lipinski definition) is 0. The van der Waals surface area contributed by atoms with Gasteiger partial charge in [0.05, 0.1) is 0 Å². The van der Waals surface area contributed by atoms with Crippen LogP contribution in [-0.2, 0) is 0 Å². The molecule has 7 atom stereocenters. The van der Waals surface area contributed by atoms with Gasteiger partial charge in [-0.05, 0) is 105 Å². The van der Waals surface area contributed by atoms with Crippen LogP contribution >= 0.6 is 0 Å². The molecular formula is C24H36. The molecular weight excluding hydrogens is 288 g/mol. The summed E-state index contributed by atoms with van der Waals surface area (Å²) in [6.07, 6.45) is 22.5. The second-order valence-corrected chi connectivity index (χ2v) is 10.1. The van der Waals surface area contributed by atoms with E-state index in [2.05, 4.69) is 32.8 Å². The summed E-state index contributed by atoms with van der Waals surface area (Å²) < 4.78 is 0. The Labute approximate surface area is 149 Å². The lowest BCUT2D eigenvalue weighted by Crippen LogP contribution is -2.52. The summed E-state index contributed by atoms with van der Waals surface area (Å²) in [7, 11) is 0. The van der Waals surface area contributed by atoms with Crippen LogP contribution in [0.3, 0.4) is 0 Å². The second-order valence-electron chi connectivity index (χ2n) is 10.1. The number of fused-ring (bicyclic) bond motifs is 5. The van der Waals surface area contributed by atoms with Crippen LogP contribution in [0.1, 0.15) is 85.0 Å². The van der Waals surface area contributed by atoms with Crippen LogP contribution in [0.5, 0.6) is 0 Å². The van der Waals surface area contributed by atoms with E-state index in [4.69, 9.17) is 6.42 Å². The van der Waals surface area contributed by atoms with E-state index in [1.54, 1.807) is 0 Å². The molecule has 0 heteroatoms. The maximum atomic E-state index is 5.58. The van der Waals surface area contributed by atoms with Crippen LogP contribution in [0.2, 0.25) is 0 Å². The average molecular weight is 325 g/mol. The molecule has 0 nitrogen and oxygen atoms in total. The fraction of sp³-hybridized carbons (Fsp3) is 0.833. The third-order valence-corrected chi connectivity index (χ3v) is 9.44. The highest BCUT2D eigenvalue weighted by molar-refractivity contribution is 5.23. The molecule has 132 valence electrons. The summed E-state index contributed by atoms with van der Waals surface area (Å²) in [5.41, 5.74) is 2.68.